The molecule has 116 valence electrons. The summed E-state index contributed by atoms with van der Waals surface area (Å²) in [6, 6.07) is 3.26. The molecular weight excluding hydrogens is 315 g/mol. The van der Waals surface area contributed by atoms with Crippen molar-refractivity contribution in [1.29, 1.82) is 0 Å². The Morgan fingerprint density at radius 2 is 2.10 bits per heavy atom. The fraction of sp³-hybridized carbons (Fsp3) is 0.500. The summed E-state index contributed by atoms with van der Waals surface area (Å²) < 4.78 is 11.0. The zero-order chi connectivity index (χ0) is 15.4. The molecule has 1 saturated heterocycles. The van der Waals surface area contributed by atoms with Gasteiger partial charge in [-0.15, -0.1) is 0 Å². The van der Waals surface area contributed by atoms with E-state index >= 15 is 0 Å². The number of morpholine rings is 1. The average molecular weight is 333 g/mol. The van der Waals surface area contributed by atoms with E-state index < -0.39 is 6.10 Å². The van der Waals surface area contributed by atoms with Gasteiger partial charge < -0.3 is 20.1 Å². The molecule has 0 radical (unpaired) electrons. The van der Waals surface area contributed by atoms with Gasteiger partial charge in [0, 0.05) is 30.2 Å². The van der Waals surface area contributed by atoms with Gasteiger partial charge in [-0.1, -0.05) is 23.2 Å². The molecule has 1 aliphatic rings. The number of halogens is 2. The monoisotopic (exact) mass is 332 g/mol. The van der Waals surface area contributed by atoms with Crippen molar-refractivity contribution in [3.05, 3.63) is 27.7 Å². The van der Waals surface area contributed by atoms with Gasteiger partial charge in [0.15, 0.2) is 6.10 Å². The van der Waals surface area contributed by atoms with E-state index in [0.29, 0.717) is 47.7 Å². The van der Waals surface area contributed by atoms with Crippen molar-refractivity contribution in [2.75, 3.05) is 26.3 Å². The molecule has 7 heteroatoms. The fourth-order valence-electron chi connectivity index (χ4n) is 2.17. The Balaban J connectivity index is 2.11. The standard InChI is InChI=1S/C14H18Cl2N2O3/c1-9(14(19)18-2-4-20-5-3-18)21-13-10(8-17)6-11(15)7-12(13)16/h6-7,9H,2-5,8,17H2,1H3. The van der Waals surface area contributed by atoms with Gasteiger partial charge in [-0.2, -0.15) is 0 Å². The van der Waals surface area contributed by atoms with E-state index in [1.807, 2.05) is 0 Å². The van der Waals surface area contributed by atoms with Crippen LogP contribution in [-0.2, 0) is 16.1 Å². The Labute approximate surface area is 133 Å². The van der Waals surface area contributed by atoms with Crippen molar-refractivity contribution < 1.29 is 14.3 Å². The van der Waals surface area contributed by atoms with Crippen LogP contribution in [0, 0.1) is 0 Å². The first-order valence-electron chi connectivity index (χ1n) is 6.74. The second kappa shape index (κ2) is 7.31. The van der Waals surface area contributed by atoms with E-state index in [9.17, 15) is 4.79 Å². The van der Waals surface area contributed by atoms with Gasteiger partial charge >= 0.3 is 0 Å². The van der Waals surface area contributed by atoms with E-state index in [2.05, 4.69) is 0 Å². The number of amides is 1. The van der Waals surface area contributed by atoms with Gasteiger partial charge in [-0.25, -0.2) is 0 Å². The van der Waals surface area contributed by atoms with Crippen LogP contribution in [-0.4, -0.2) is 43.2 Å². The Hall–Kier alpha value is -1.01. The highest BCUT2D eigenvalue weighted by molar-refractivity contribution is 6.35. The third kappa shape index (κ3) is 4.01. The molecule has 1 fully saturated rings. The molecule has 0 aromatic heterocycles. The van der Waals surface area contributed by atoms with Crippen LogP contribution in [0.3, 0.4) is 0 Å². The minimum atomic E-state index is -0.646. The van der Waals surface area contributed by atoms with E-state index in [1.165, 1.54) is 0 Å². The zero-order valence-corrected chi connectivity index (χ0v) is 13.3. The van der Waals surface area contributed by atoms with E-state index in [-0.39, 0.29) is 12.5 Å². The van der Waals surface area contributed by atoms with Gasteiger partial charge in [0.05, 0.1) is 18.2 Å². The van der Waals surface area contributed by atoms with E-state index in [0.717, 1.165) is 0 Å². The summed E-state index contributed by atoms with van der Waals surface area (Å²) in [6.45, 7) is 4.18. The van der Waals surface area contributed by atoms with Crippen molar-refractivity contribution >= 4 is 29.1 Å². The lowest BCUT2D eigenvalue weighted by atomic mass is 10.2. The topological polar surface area (TPSA) is 64.8 Å². The highest BCUT2D eigenvalue weighted by Crippen LogP contribution is 2.33. The second-order valence-corrected chi connectivity index (χ2v) is 5.62. The Bertz CT molecular complexity index is 519. The molecule has 1 aliphatic heterocycles. The first-order valence-corrected chi connectivity index (χ1v) is 7.49. The van der Waals surface area contributed by atoms with Crippen LogP contribution < -0.4 is 10.5 Å². The van der Waals surface area contributed by atoms with E-state index in [1.54, 1.807) is 24.0 Å². The van der Waals surface area contributed by atoms with Gasteiger partial charge in [0.1, 0.15) is 5.75 Å². The van der Waals surface area contributed by atoms with Crippen LogP contribution in [0.1, 0.15) is 12.5 Å². The predicted octanol–water partition coefficient (Wildman–Crippen LogP) is 2.08. The van der Waals surface area contributed by atoms with Crippen molar-refractivity contribution in [1.82, 2.24) is 4.90 Å². The van der Waals surface area contributed by atoms with Gasteiger partial charge in [-0.3, -0.25) is 4.79 Å². The maximum atomic E-state index is 12.3. The molecule has 2 rings (SSSR count). The first-order chi connectivity index (χ1) is 10.0. The SMILES string of the molecule is CC(Oc1c(Cl)cc(Cl)cc1CN)C(=O)N1CCOCC1. The molecule has 5 nitrogen and oxygen atoms in total. The molecule has 1 aromatic rings. The Morgan fingerprint density at radius 3 is 2.71 bits per heavy atom. The number of carbonyl (C=O) groups is 1. The number of nitrogens with two attached hydrogens (primary N) is 1. The van der Waals surface area contributed by atoms with Crippen LogP contribution in [0.2, 0.25) is 10.0 Å². The maximum Gasteiger partial charge on any atom is 0.263 e. The van der Waals surface area contributed by atoms with Crippen LogP contribution in [0.5, 0.6) is 5.75 Å². The number of ether oxygens (including phenoxy) is 2. The summed E-state index contributed by atoms with van der Waals surface area (Å²) in [4.78, 5) is 14.0. The number of rotatable bonds is 4. The summed E-state index contributed by atoms with van der Waals surface area (Å²) in [5.74, 6) is 0.324. The molecule has 0 bridgehead atoms. The van der Waals surface area contributed by atoms with E-state index in [4.69, 9.17) is 38.4 Å². The van der Waals surface area contributed by atoms with Crippen molar-refractivity contribution in [2.24, 2.45) is 5.73 Å². The minimum absolute atomic E-state index is 0.0905. The highest BCUT2D eigenvalue weighted by atomic mass is 35.5. The molecular formula is C14H18Cl2N2O3. The maximum absolute atomic E-state index is 12.3. The molecule has 1 atom stereocenters. The largest absolute Gasteiger partial charge is 0.479 e. The van der Waals surface area contributed by atoms with Crippen LogP contribution in [0.25, 0.3) is 0 Å². The summed E-state index contributed by atoms with van der Waals surface area (Å²) in [6.07, 6.45) is -0.646. The second-order valence-electron chi connectivity index (χ2n) is 4.78. The van der Waals surface area contributed by atoms with Gasteiger partial charge in [0.2, 0.25) is 0 Å². The number of carbonyl (C=O) groups excluding carboxylic acids is 1. The number of hydrogen-bond acceptors (Lipinski definition) is 4. The van der Waals surface area contributed by atoms with Gasteiger partial charge in [-0.05, 0) is 19.1 Å². The lowest BCUT2D eigenvalue weighted by Gasteiger charge is -2.29. The molecule has 1 heterocycles. The quantitative estimate of drug-likeness (QED) is 0.916. The fourth-order valence-corrected chi connectivity index (χ4v) is 2.75. The molecule has 1 aromatic carbocycles. The van der Waals surface area contributed by atoms with Gasteiger partial charge in [0.25, 0.3) is 5.91 Å². The lowest BCUT2D eigenvalue weighted by molar-refractivity contribution is -0.142. The van der Waals surface area contributed by atoms with Crippen molar-refractivity contribution in [2.45, 2.75) is 19.6 Å². The smallest absolute Gasteiger partial charge is 0.263 e. The first kappa shape index (κ1) is 16.4. The Kier molecular flexibility index (Phi) is 5.70. The molecule has 21 heavy (non-hydrogen) atoms. The Morgan fingerprint density at radius 1 is 1.43 bits per heavy atom. The van der Waals surface area contributed by atoms with Crippen LogP contribution >= 0.6 is 23.2 Å². The summed E-state index contributed by atoms with van der Waals surface area (Å²) in [5.41, 5.74) is 6.35. The molecule has 2 N–H and O–H groups in total. The zero-order valence-electron chi connectivity index (χ0n) is 11.8. The summed E-state index contributed by atoms with van der Waals surface area (Å²) in [5, 5.41) is 0.838. The summed E-state index contributed by atoms with van der Waals surface area (Å²) in [7, 11) is 0. The third-order valence-electron chi connectivity index (χ3n) is 3.27. The van der Waals surface area contributed by atoms with Crippen molar-refractivity contribution in [3.63, 3.8) is 0 Å². The molecule has 0 spiro atoms. The molecule has 1 amide bonds. The minimum Gasteiger partial charge on any atom is -0.479 e. The predicted molar refractivity (Wildman–Crippen MR) is 81.8 cm³/mol. The number of hydrogen-bond donors (Lipinski definition) is 1. The normalized spacial score (nSPS) is 16.7. The lowest BCUT2D eigenvalue weighted by Crippen LogP contribution is -2.46. The highest BCUT2D eigenvalue weighted by Gasteiger charge is 2.25. The average Bonchev–Trinajstić information content (AvgIpc) is 2.49. The third-order valence-corrected chi connectivity index (χ3v) is 3.77. The number of nitrogens with zero attached hydrogens (tertiary/aromatic N) is 1. The molecule has 1 unspecified atom stereocenters. The van der Waals surface area contributed by atoms with Crippen molar-refractivity contribution in [3.8, 4) is 5.75 Å². The van der Waals surface area contributed by atoms with Crippen LogP contribution in [0.15, 0.2) is 12.1 Å². The number of benzene rings is 1. The molecule has 0 saturated carbocycles. The molecule has 0 aliphatic carbocycles. The van der Waals surface area contributed by atoms with Crippen LogP contribution in [0.4, 0.5) is 0 Å². The summed E-state index contributed by atoms with van der Waals surface area (Å²) >= 11 is 12.1.